The van der Waals surface area contributed by atoms with Crippen LogP contribution in [-0.2, 0) is 23.8 Å². The van der Waals surface area contributed by atoms with Crippen molar-refractivity contribution in [3.8, 4) is 0 Å². The molecule has 2 aliphatic heterocycles. The Kier molecular flexibility index (Phi) is 3.56. The third kappa shape index (κ3) is 2.10. The maximum atomic E-state index is 13.0. The average Bonchev–Trinajstić information content (AvgIpc) is 3.33. The molecule has 2 saturated heterocycles. The number of hydrogen-bond donors (Lipinski definition) is 1. The van der Waals surface area contributed by atoms with Gasteiger partial charge in [-0.1, -0.05) is 6.92 Å². The number of esters is 2. The Labute approximate surface area is 156 Å². The summed E-state index contributed by atoms with van der Waals surface area (Å²) in [7, 11) is 1.36. The van der Waals surface area contributed by atoms with Crippen molar-refractivity contribution in [1.29, 1.82) is 0 Å². The molecule has 0 aromatic carbocycles. The highest BCUT2D eigenvalue weighted by atomic mass is 16.6. The van der Waals surface area contributed by atoms with Crippen molar-refractivity contribution < 1.29 is 33.3 Å². The normalized spacial score (nSPS) is 47.9. The van der Waals surface area contributed by atoms with Crippen LogP contribution in [-0.4, -0.2) is 42.0 Å². The monoisotopic (exact) mass is 376 g/mol. The average molecular weight is 376 g/mol. The Morgan fingerprint density at radius 2 is 2.15 bits per heavy atom. The van der Waals surface area contributed by atoms with Crippen LogP contribution in [0.25, 0.3) is 0 Å². The van der Waals surface area contributed by atoms with E-state index in [0.717, 1.165) is 5.56 Å². The van der Waals surface area contributed by atoms with Gasteiger partial charge in [-0.05, 0) is 31.2 Å². The summed E-state index contributed by atoms with van der Waals surface area (Å²) in [5.74, 6) is -1.37. The first-order valence-corrected chi connectivity index (χ1v) is 9.56. The smallest absolute Gasteiger partial charge is 0.339 e. The first-order chi connectivity index (χ1) is 12.9. The lowest BCUT2D eigenvalue weighted by atomic mass is 9.49. The van der Waals surface area contributed by atoms with Crippen molar-refractivity contribution in [3.05, 3.63) is 24.2 Å². The van der Waals surface area contributed by atoms with Gasteiger partial charge in [0.15, 0.2) is 5.60 Å². The Morgan fingerprint density at radius 3 is 2.85 bits per heavy atom. The van der Waals surface area contributed by atoms with Gasteiger partial charge in [-0.3, -0.25) is 4.79 Å². The van der Waals surface area contributed by atoms with E-state index in [4.69, 9.17) is 18.6 Å². The third-order valence-corrected chi connectivity index (χ3v) is 7.60. The molecular formula is C20H24O7. The van der Waals surface area contributed by atoms with Crippen molar-refractivity contribution in [3.63, 3.8) is 0 Å². The number of aliphatic hydroxyl groups excluding tert-OH is 1. The van der Waals surface area contributed by atoms with Crippen LogP contribution < -0.4 is 0 Å². The lowest BCUT2D eigenvalue weighted by Crippen LogP contribution is -2.60. The Morgan fingerprint density at radius 1 is 1.33 bits per heavy atom. The van der Waals surface area contributed by atoms with Crippen molar-refractivity contribution in [2.75, 3.05) is 7.11 Å². The van der Waals surface area contributed by atoms with Gasteiger partial charge >= 0.3 is 11.9 Å². The van der Waals surface area contributed by atoms with Crippen LogP contribution in [0, 0.1) is 23.2 Å². The molecule has 0 radical (unpaired) electrons. The van der Waals surface area contributed by atoms with Crippen molar-refractivity contribution in [1.82, 2.24) is 0 Å². The van der Waals surface area contributed by atoms with Crippen LogP contribution in [0.5, 0.6) is 0 Å². The SMILES string of the molecule is COC(=O)[C@@H]1C[C@H](O)CC2[C@@H]1C1CC3(OC(c4ccoc4)C[C@@]23C)C(=O)O1. The zero-order valence-electron chi connectivity index (χ0n) is 15.4. The molecule has 1 N–H and O–H groups in total. The summed E-state index contributed by atoms with van der Waals surface area (Å²) in [6.07, 6.45) is 3.93. The van der Waals surface area contributed by atoms with E-state index in [1.54, 1.807) is 12.5 Å². The Hall–Kier alpha value is -1.86. The summed E-state index contributed by atoms with van der Waals surface area (Å²) < 4.78 is 22.4. The van der Waals surface area contributed by atoms with E-state index in [9.17, 15) is 14.7 Å². The first-order valence-electron chi connectivity index (χ1n) is 9.56. The summed E-state index contributed by atoms with van der Waals surface area (Å²) >= 11 is 0. The predicted octanol–water partition coefficient (Wildman–Crippen LogP) is 1.99. The van der Waals surface area contributed by atoms with E-state index in [-0.39, 0.29) is 36.0 Å². The van der Waals surface area contributed by atoms with Gasteiger partial charge in [-0.25, -0.2) is 4.79 Å². The molecule has 5 rings (SSSR count). The quantitative estimate of drug-likeness (QED) is 0.789. The number of carbonyl (C=O) groups excluding carboxylic acids is 2. The van der Waals surface area contributed by atoms with Crippen LogP contribution in [0.4, 0.5) is 0 Å². The fourth-order valence-electron chi connectivity index (χ4n) is 6.37. The van der Waals surface area contributed by atoms with Gasteiger partial charge in [-0.15, -0.1) is 0 Å². The molecule has 2 aliphatic carbocycles. The van der Waals surface area contributed by atoms with Gasteiger partial charge in [0.05, 0.1) is 37.8 Å². The van der Waals surface area contributed by atoms with E-state index in [2.05, 4.69) is 6.92 Å². The molecule has 2 saturated carbocycles. The van der Waals surface area contributed by atoms with Gasteiger partial charge < -0.3 is 23.7 Å². The second kappa shape index (κ2) is 5.58. The number of ether oxygens (including phenoxy) is 3. The molecule has 1 spiro atoms. The van der Waals surface area contributed by atoms with E-state index >= 15 is 0 Å². The second-order valence-electron chi connectivity index (χ2n) is 8.70. The summed E-state index contributed by atoms with van der Waals surface area (Å²) in [6.45, 7) is 2.06. The largest absolute Gasteiger partial charge is 0.472 e. The molecule has 4 unspecified atom stereocenters. The van der Waals surface area contributed by atoms with Gasteiger partial charge in [0, 0.05) is 23.3 Å². The number of furan rings is 1. The van der Waals surface area contributed by atoms with Crippen LogP contribution in [0.1, 0.15) is 44.3 Å². The molecule has 8 atom stereocenters. The number of rotatable bonds is 2. The summed E-state index contributed by atoms with van der Waals surface area (Å²) in [5, 5.41) is 10.5. The van der Waals surface area contributed by atoms with Crippen molar-refractivity contribution in [2.45, 2.75) is 56.5 Å². The van der Waals surface area contributed by atoms with Gasteiger partial charge in [0.25, 0.3) is 0 Å². The molecule has 27 heavy (non-hydrogen) atoms. The summed E-state index contributed by atoms with van der Waals surface area (Å²) in [6, 6.07) is 1.85. The highest BCUT2D eigenvalue weighted by Gasteiger charge is 2.76. The Balaban J connectivity index is 1.59. The molecule has 4 fully saturated rings. The molecule has 7 nitrogen and oxygen atoms in total. The molecule has 1 aromatic heterocycles. The van der Waals surface area contributed by atoms with Crippen molar-refractivity contribution in [2.24, 2.45) is 23.2 Å². The maximum absolute atomic E-state index is 13.0. The van der Waals surface area contributed by atoms with E-state index in [0.29, 0.717) is 25.7 Å². The van der Waals surface area contributed by atoms with E-state index in [1.807, 2.05) is 6.07 Å². The van der Waals surface area contributed by atoms with Crippen LogP contribution in [0.15, 0.2) is 23.0 Å². The number of aliphatic hydroxyl groups is 1. The van der Waals surface area contributed by atoms with E-state index < -0.39 is 23.0 Å². The lowest BCUT2D eigenvalue weighted by molar-refractivity contribution is -0.175. The minimum atomic E-state index is -1.03. The minimum absolute atomic E-state index is 0.0625. The fraction of sp³-hybridized carbons (Fsp3) is 0.700. The highest BCUT2D eigenvalue weighted by Crippen LogP contribution is 2.69. The molecule has 0 amide bonds. The molecule has 4 aliphatic rings. The zero-order valence-corrected chi connectivity index (χ0v) is 15.4. The lowest BCUT2D eigenvalue weighted by Gasteiger charge is -2.53. The molecule has 7 heteroatoms. The number of hydrogen-bond acceptors (Lipinski definition) is 7. The molecular weight excluding hydrogens is 352 g/mol. The third-order valence-electron chi connectivity index (χ3n) is 7.60. The highest BCUT2D eigenvalue weighted by molar-refractivity contribution is 5.85. The van der Waals surface area contributed by atoms with Crippen LogP contribution in [0.2, 0.25) is 0 Å². The first kappa shape index (κ1) is 17.3. The molecule has 3 heterocycles. The standard InChI is InChI=1S/C20H24O7/c1-19-7-14(10-3-4-25-9-10)27-20(19)8-15(26-18(20)23)16-12(17(22)24-2)5-11(21)6-13(16)19/h3-4,9,11-16,21H,5-8H2,1-2H3/t11-,12+,13?,14?,15?,16+,19-,20?/m0/s1. The zero-order chi connectivity index (χ0) is 19.0. The maximum Gasteiger partial charge on any atom is 0.339 e. The van der Waals surface area contributed by atoms with Gasteiger partial charge in [0.1, 0.15) is 6.10 Å². The molecule has 1 aromatic rings. The van der Waals surface area contributed by atoms with Crippen molar-refractivity contribution >= 4 is 11.9 Å². The van der Waals surface area contributed by atoms with Crippen LogP contribution >= 0.6 is 0 Å². The fourth-order valence-corrected chi connectivity index (χ4v) is 6.37. The van der Waals surface area contributed by atoms with Gasteiger partial charge in [0.2, 0.25) is 0 Å². The van der Waals surface area contributed by atoms with Crippen LogP contribution in [0.3, 0.4) is 0 Å². The topological polar surface area (TPSA) is 95.2 Å². The Bertz CT molecular complexity index is 773. The second-order valence-corrected chi connectivity index (χ2v) is 8.70. The predicted molar refractivity (Wildman–Crippen MR) is 90.2 cm³/mol. The minimum Gasteiger partial charge on any atom is -0.472 e. The summed E-state index contributed by atoms with van der Waals surface area (Å²) in [5.41, 5.74) is -0.663. The number of carbonyl (C=O) groups is 2. The molecule has 146 valence electrons. The number of fused-ring (bicyclic) bond motifs is 4. The number of methoxy groups -OCH3 is 1. The summed E-state index contributed by atoms with van der Waals surface area (Å²) in [4.78, 5) is 25.5. The molecule has 2 bridgehead atoms. The van der Waals surface area contributed by atoms with Gasteiger partial charge in [-0.2, -0.15) is 0 Å². The van der Waals surface area contributed by atoms with E-state index in [1.165, 1.54) is 7.11 Å².